The molecule has 118 valence electrons. The lowest BCUT2D eigenvalue weighted by atomic mass is 9.79. The largest absolute Gasteiger partial charge is 0.481 e. The molecule has 0 saturated carbocycles. The number of amides is 1. The van der Waals surface area contributed by atoms with Crippen molar-refractivity contribution in [2.75, 3.05) is 40.5 Å². The maximum absolute atomic E-state index is 12.3. The predicted molar refractivity (Wildman–Crippen MR) is 75.6 cm³/mol. The molecule has 0 aliphatic carbocycles. The molecule has 0 radical (unpaired) electrons. The molecule has 6 nitrogen and oxygen atoms in total. The lowest BCUT2D eigenvalue weighted by Crippen LogP contribution is -2.42. The molecule has 0 heterocycles. The molecule has 0 fully saturated rings. The Kier molecular flexibility index (Phi) is 9.16. The summed E-state index contributed by atoms with van der Waals surface area (Å²) in [6.07, 6.45) is 0.892. The average Bonchev–Trinajstić information content (AvgIpc) is 2.44. The van der Waals surface area contributed by atoms with Gasteiger partial charge in [-0.25, -0.2) is 0 Å². The molecule has 0 aromatic carbocycles. The molecule has 0 aromatic heterocycles. The topological polar surface area (TPSA) is 76.1 Å². The van der Waals surface area contributed by atoms with Crippen LogP contribution in [0.3, 0.4) is 0 Å². The van der Waals surface area contributed by atoms with Gasteiger partial charge in [-0.05, 0) is 12.8 Å². The molecule has 0 atom stereocenters. The van der Waals surface area contributed by atoms with Gasteiger partial charge in [0.2, 0.25) is 5.91 Å². The van der Waals surface area contributed by atoms with Crippen LogP contribution in [0.25, 0.3) is 0 Å². The monoisotopic (exact) mass is 289 g/mol. The zero-order valence-electron chi connectivity index (χ0n) is 13.0. The molecule has 1 amide bonds. The van der Waals surface area contributed by atoms with Crippen LogP contribution in [0.4, 0.5) is 0 Å². The number of carboxylic acids is 1. The van der Waals surface area contributed by atoms with Gasteiger partial charge < -0.3 is 19.5 Å². The first kappa shape index (κ1) is 18.9. The summed E-state index contributed by atoms with van der Waals surface area (Å²) < 4.78 is 9.96. The van der Waals surface area contributed by atoms with Gasteiger partial charge in [0.05, 0.1) is 18.6 Å². The second kappa shape index (κ2) is 9.72. The first-order valence-electron chi connectivity index (χ1n) is 6.96. The van der Waals surface area contributed by atoms with E-state index in [1.165, 1.54) is 0 Å². The standard InChI is InChI=1S/C14H27NO5/c1-5-14(6-2,13(17)18)11-12(16)15(7-9-19-3)8-10-20-4/h5-11H2,1-4H3,(H,17,18). The number of carbonyl (C=O) groups excluding carboxylic acids is 1. The number of rotatable bonds is 11. The van der Waals surface area contributed by atoms with Crippen LogP contribution in [0.5, 0.6) is 0 Å². The van der Waals surface area contributed by atoms with Crippen LogP contribution in [-0.4, -0.2) is 62.4 Å². The van der Waals surface area contributed by atoms with Crippen LogP contribution < -0.4 is 0 Å². The summed E-state index contributed by atoms with van der Waals surface area (Å²) in [4.78, 5) is 25.4. The Labute approximate surface area is 121 Å². The number of aliphatic carboxylic acids is 1. The molecule has 6 heteroatoms. The maximum atomic E-state index is 12.3. The van der Waals surface area contributed by atoms with Crippen molar-refractivity contribution in [1.82, 2.24) is 4.90 Å². The summed E-state index contributed by atoms with van der Waals surface area (Å²) in [5.41, 5.74) is -0.977. The molecule has 0 aliphatic rings. The van der Waals surface area contributed by atoms with Gasteiger partial charge in [-0.3, -0.25) is 9.59 Å². The van der Waals surface area contributed by atoms with Gasteiger partial charge in [0.25, 0.3) is 0 Å². The van der Waals surface area contributed by atoms with Crippen molar-refractivity contribution in [3.63, 3.8) is 0 Å². The third-order valence-corrected chi connectivity index (χ3v) is 3.78. The molecule has 0 unspecified atom stereocenters. The maximum Gasteiger partial charge on any atom is 0.310 e. The fraction of sp³-hybridized carbons (Fsp3) is 0.857. The molecule has 20 heavy (non-hydrogen) atoms. The highest BCUT2D eigenvalue weighted by molar-refractivity contribution is 5.85. The van der Waals surface area contributed by atoms with Crippen LogP contribution in [0.15, 0.2) is 0 Å². The zero-order chi connectivity index (χ0) is 15.6. The highest BCUT2D eigenvalue weighted by atomic mass is 16.5. The summed E-state index contributed by atoms with van der Waals surface area (Å²) in [5, 5.41) is 9.39. The minimum atomic E-state index is -0.977. The quantitative estimate of drug-likeness (QED) is 0.622. The van der Waals surface area contributed by atoms with Crippen LogP contribution >= 0.6 is 0 Å². The molecule has 0 rings (SSSR count). The molecular weight excluding hydrogens is 262 g/mol. The second-order valence-corrected chi connectivity index (χ2v) is 4.84. The molecular formula is C14H27NO5. The number of carboxylic acid groups (broad SMARTS) is 1. The van der Waals surface area contributed by atoms with Gasteiger partial charge in [-0.1, -0.05) is 13.8 Å². The van der Waals surface area contributed by atoms with E-state index in [9.17, 15) is 14.7 Å². The fourth-order valence-electron chi connectivity index (χ4n) is 2.04. The van der Waals surface area contributed by atoms with Gasteiger partial charge in [-0.2, -0.15) is 0 Å². The average molecular weight is 289 g/mol. The Morgan fingerprint density at radius 2 is 1.50 bits per heavy atom. The molecule has 0 saturated heterocycles. The normalized spacial score (nSPS) is 11.4. The van der Waals surface area contributed by atoms with Crippen molar-refractivity contribution in [2.45, 2.75) is 33.1 Å². The van der Waals surface area contributed by atoms with Crippen molar-refractivity contribution in [3.05, 3.63) is 0 Å². The minimum Gasteiger partial charge on any atom is -0.481 e. The lowest BCUT2D eigenvalue weighted by molar-refractivity contribution is -0.154. The van der Waals surface area contributed by atoms with E-state index in [1.807, 2.05) is 0 Å². The van der Waals surface area contributed by atoms with Crippen LogP contribution in [-0.2, 0) is 19.1 Å². The minimum absolute atomic E-state index is 0.0166. The summed E-state index contributed by atoms with van der Waals surface area (Å²) in [6.45, 7) is 5.35. The first-order valence-corrected chi connectivity index (χ1v) is 6.96. The van der Waals surface area contributed by atoms with Crippen LogP contribution in [0.1, 0.15) is 33.1 Å². The van der Waals surface area contributed by atoms with Gasteiger partial charge >= 0.3 is 5.97 Å². The number of carbonyl (C=O) groups is 2. The Bertz CT molecular complexity index is 294. The van der Waals surface area contributed by atoms with E-state index < -0.39 is 11.4 Å². The molecule has 1 N–H and O–H groups in total. The van der Waals surface area contributed by atoms with Crippen molar-refractivity contribution >= 4 is 11.9 Å². The summed E-state index contributed by atoms with van der Waals surface area (Å²) in [6, 6.07) is 0. The van der Waals surface area contributed by atoms with E-state index in [0.29, 0.717) is 39.1 Å². The fourth-order valence-corrected chi connectivity index (χ4v) is 2.04. The van der Waals surface area contributed by atoms with Gasteiger partial charge in [0, 0.05) is 33.7 Å². The van der Waals surface area contributed by atoms with E-state index in [4.69, 9.17) is 9.47 Å². The third-order valence-electron chi connectivity index (χ3n) is 3.78. The lowest BCUT2D eigenvalue weighted by Gasteiger charge is -2.30. The van der Waals surface area contributed by atoms with Gasteiger partial charge in [0.1, 0.15) is 0 Å². The molecule has 0 spiro atoms. The highest BCUT2D eigenvalue weighted by Crippen LogP contribution is 2.31. The predicted octanol–water partition coefficient (Wildman–Crippen LogP) is 1.39. The molecule has 0 aliphatic heterocycles. The van der Waals surface area contributed by atoms with Crippen molar-refractivity contribution < 1.29 is 24.2 Å². The molecule has 0 bridgehead atoms. The highest BCUT2D eigenvalue weighted by Gasteiger charge is 2.38. The first-order chi connectivity index (χ1) is 9.47. The second-order valence-electron chi connectivity index (χ2n) is 4.84. The van der Waals surface area contributed by atoms with Crippen LogP contribution in [0, 0.1) is 5.41 Å². The Morgan fingerprint density at radius 1 is 1.05 bits per heavy atom. The Hall–Kier alpha value is -1.14. The third kappa shape index (κ3) is 5.46. The van der Waals surface area contributed by atoms with E-state index in [2.05, 4.69) is 0 Å². The Morgan fingerprint density at radius 3 is 1.80 bits per heavy atom. The van der Waals surface area contributed by atoms with Crippen LogP contribution in [0.2, 0.25) is 0 Å². The number of hydrogen-bond donors (Lipinski definition) is 1. The van der Waals surface area contributed by atoms with E-state index >= 15 is 0 Å². The number of ether oxygens (including phenoxy) is 2. The molecule has 0 aromatic rings. The summed E-state index contributed by atoms with van der Waals surface area (Å²) >= 11 is 0. The number of methoxy groups -OCH3 is 2. The summed E-state index contributed by atoms with van der Waals surface area (Å²) in [5.74, 6) is -1.07. The number of hydrogen-bond acceptors (Lipinski definition) is 4. The SMILES string of the molecule is CCC(CC)(CC(=O)N(CCOC)CCOC)C(=O)O. The van der Waals surface area contributed by atoms with E-state index in [1.54, 1.807) is 33.0 Å². The van der Waals surface area contributed by atoms with Gasteiger partial charge in [-0.15, -0.1) is 0 Å². The van der Waals surface area contributed by atoms with E-state index in [0.717, 1.165) is 0 Å². The van der Waals surface area contributed by atoms with Crippen molar-refractivity contribution in [3.8, 4) is 0 Å². The number of nitrogens with zero attached hydrogens (tertiary/aromatic N) is 1. The smallest absolute Gasteiger partial charge is 0.310 e. The van der Waals surface area contributed by atoms with Gasteiger partial charge in [0.15, 0.2) is 0 Å². The Balaban J connectivity index is 4.81. The van der Waals surface area contributed by atoms with E-state index in [-0.39, 0.29) is 12.3 Å². The zero-order valence-corrected chi connectivity index (χ0v) is 13.0. The summed E-state index contributed by atoms with van der Waals surface area (Å²) in [7, 11) is 3.14. The van der Waals surface area contributed by atoms with Crippen molar-refractivity contribution in [1.29, 1.82) is 0 Å². The van der Waals surface area contributed by atoms with Crippen molar-refractivity contribution in [2.24, 2.45) is 5.41 Å².